The summed E-state index contributed by atoms with van der Waals surface area (Å²) in [6.45, 7) is 1.98. The summed E-state index contributed by atoms with van der Waals surface area (Å²) in [5.74, 6) is 2.21. The first-order valence-corrected chi connectivity index (χ1v) is 7.91. The van der Waals surface area contributed by atoms with E-state index in [1.165, 1.54) is 0 Å². The van der Waals surface area contributed by atoms with Gasteiger partial charge in [-0.15, -0.1) is 0 Å². The zero-order valence-corrected chi connectivity index (χ0v) is 13.7. The topological polar surface area (TPSA) is 50.8 Å². The predicted octanol–water partition coefficient (Wildman–Crippen LogP) is 5.38. The van der Waals surface area contributed by atoms with Gasteiger partial charge in [0.05, 0.1) is 17.2 Å². The molecule has 5 heteroatoms. The number of hydrogen-bond acceptors (Lipinski definition) is 3. The number of nitrogens with one attached hydrogen (secondary N) is 1. The number of fused-ring (bicyclic) bond motifs is 1. The van der Waals surface area contributed by atoms with E-state index in [-0.39, 0.29) is 0 Å². The van der Waals surface area contributed by atoms with Crippen molar-refractivity contribution in [2.75, 3.05) is 0 Å². The molecule has 0 radical (unpaired) electrons. The summed E-state index contributed by atoms with van der Waals surface area (Å²) in [5, 5.41) is 0.717. The number of pyridine rings is 1. The molecule has 2 aromatic heterocycles. The van der Waals surface area contributed by atoms with Crippen LogP contribution in [0.4, 0.5) is 0 Å². The molecule has 118 valence electrons. The van der Waals surface area contributed by atoms with Crippen LogP contribution in [0.5, 0.6) is 11.5 Å². The molecule has 4 nitrogen and oxygen atoms in total. The zero-order valence-electron chi connectivity index (χ0n) is 13.0. The lowest BCUT2D eigenvalue weighted by atomic mass is 10.2. The van der Waals surface area contributed by atoms with Crippen LogP contribution < -0.4 is 4.74 Å². The van der Waals surface area contributed by atoms with Crippen molar-refractivity contribution in [3.05, 3.63) is 71.5 Å². The molecule has 0 aliphatic carbocycles. The van der Waals surface area contributed by atoms with Gasteiger partial charge in [0, 0.05) is 16.8 Å². The fraction of sp³-hybridized carbons (Fsp3) is 0.0526. The Kier molecular flexibility index (Phi) is 3.67. The monoisotopic (exact) mass is 335 g/mol. The number of aromatic nitrogens is 3. The Bertz CT molecular complexity index is 973. The van der Waals surface area contributed by atoms with Crippen molar-refractivity contribution in [2.24, 2.45) is 0 Å². The molecule has 0 saturated heterocycles. The number of nitrogens with zero attached hydrogens (tertiary/aromatic N) is 2. The highest BCUT2D eigenvalue weighted by molar-refractivity contribution is 6.32. The van der Waals surface area contributed by atoms with E-state index >= 15 is 0 Å². The lowest BCUT2D eigenvalue weighted by Gasteiger charge is -2.06. The van der Waals surface area contributed by atoms with Crippen LogP contribution in [0.1, 0.15) is 5.56 Å². The van der Waals surface area contributed by atoms with Crippen LogP contribution in [0.2, 0.25) is 5.02 Å². The molecule has 4 aromatic rings. The third kappa shape index (κ3) is 2.84. The third-order valence-electron chi connectivity index (χ3n) is 3.74. The van der Waals surface area contributed by atoms with Crippen LogP contribution in [-0.2, 0) is 0 Å². The van der Waals surface area contributed by atoms with Gasteiger partial charge in [0.2, 0.25) is 0 Å². The van der Waals surface area contributed by atoms with Crippen molar-refractivity contribution in [1.82, 2.24) is 15.0 Å². The quantitative estimate of drug-likeness (QED) is 0.547. The van der Waals surface area contributed by atoms with E-state index in [4.69, 9.17) is 16.3 Å². The minimum absolute atomic E-state index is 0.696. The molecule has 0 amide bonds. The number of rotatable bonds is 3. The average molecular weight is 336 g/mol. The van der Waals surface area contributed by atoms with Gasteiger partial charge in [0.15, 0.2) is 0 Å². The Balaban J connectivity index is 1.70. The van der Waals surface area contributed by atoms with Gasteiger partial charge in [-0.3, -0.25) is 4.98 Å². The summed E-state index contributed by atoms with van der Waals surface area (Å²) in [4.78, 5) is 12.0. The molecule has 0 bridgehead atoms. The molecule has 0 aliphatic rings. The molecule has 0 spiro atoms. The van der Waals surface area contributed by atoms with Crippen molar-refractivity contribution < 1.29 is 4.74 Å². The van der Waals surface area contributed by atoms with Crippen LogP contribution in [0.25, 0.3) is 22.4 Å². The number of H-pyrrole nitrogens is 1. The number of ether oxygens (including phenoxy) is 1. The number of hydrogen-bond donors (Lipinski definition) is 1. The number of aryl methyl sites for hydroxylation is 1. The van der Waals surface area contributed by atoms with Crippen molar-refractivity contribution in [2.45, 2.75) is 6.92 Å². The van der Waals surface area contributed by atoms with E-state index in [1.54, 1.807) is 12.4 Å². The molecule has 0 aliphatic heterocycles. The van der Waals surface area contributed by atoms with E-state index in [0.717, 1.165) is 33.7 Å². The van der Waals surface area contributed by atoms with Gasteiger partial charge in [0.1, 0.15) is 17.3 Å². The molecule has 0 saturated carbocycles. The maximum absolute atomic E-state index is 6.18. The molecule has 2 aromatic carbocycles. The largest absolute Gasteiger partial charge is 0.456 e. The molecule has 0 atom stereocenters. The Morgan fingerprint density at radius 1 is 1.04 bits per heavy atom. The maximum atomic E-state index is 6.18. The van der Waals surface area contributed by atoms with Crippen LogP contribution >= 0.6 is 11.6 Å². The number of imidazole rings is 1. The molecule has 2 heterocycles. The Labute approximate surface area is 144 Å². The van der Waals surface area contributed by atoms with E-state index in [0.29, 0.717) is 10.8 Å². The van der Waals surface area contributed by atoms with Crippen molar-refractivity contribution in [3.63, 3.8) is 0 Å². The standard InChI is InChI=1S/C19H14ClN3O/c1-12-8-17-18(10-16(12)20)23-19(22-17)13-4-2-5-14(9-13)24-15-6-3-7-21-11-15/h2-11H,1H3,(H,22,23). The van der Waals surface area contributed by atoms with E-state index in [2.05, 4.69) is 15.0 Å². The lowest BCUT2D eigenvalue weighted by Crippen LogP contribution is -1.86. The zero-order chi connectivity index (χ0) is 16.5. The summed E-state index contributed by atoms with van der Waals surface area (Å²) in [5.41, 5.74) is 3.78. The van der Waals surface area contributed by atoms with Gasteiger partial charge in [-0.1, -0.05) is 23.7 Å². The van der Waals surface area contributed by atoms with Crippen molar-refractivity contribution in [3.8, 4) is 22.9 Å². The van der Waals surface area contributed by atoms with Gasteiger partial charge in [-0.05, 0) is 48.9 Å². The first-order chi connectivity index (χ1) is 11.7. The number of aromatic amines is 1. The van der Waals surface area contributed by atoms with Gasteiger partial charge in [-0.2, -0.15) is 0 Å². The smallest absolute Gasteiger partial charge is 0.145 e. The van der Waals surface area contributed by atoms with E-state index in [1.807, 2.05) is 55.5 Å². The molecule has 0 fully saturated rings. The van der Waals surface area contributed by atoms with Crippen LogP contribution in [0.15, 0.2) is 60.9 Å². The van der Waals surface area contributed by atoms with Crippen LogP contribution in [0.3, 0.4) is 0 Å². The van der Waals surface area contributed by atoms with Crippen molar-refractivity contribution >= 4 is 22.6 Å². The molecule has 0 unspecified atom stereocenters. The maximum Gasteiger partial charge on any atom is 0.145 e. The van der Waals surface area contributed by atoms with E-state index in [9.17, 15) is 0 Å². The van der Waals surface area contributed by atoms with Gasteiger partial charge >= 0.3 is 0 Å². The SMILES string of the molecule is Cc1cc2[nH]c(-c3cccc(Oc4cccnc4)c3)nc2cc1Cl. The fourth-order valence-corrected chi connectivity index (χ4v) is 2.68. The van der Waals surface area contributed by atoms with Crippen LogP contribution in [0, 0.1) is 6.92 Å². The highest BCUT2D eigenvalue weighted by Gasteiger charge is 2.08. The number of benzene rings is 2. The average Bonchev–Trinajstić information content (AvgIpc) is 2.99. The van der Waals surface area contributed by atoms with Gasteiger partial charge in [0.25, 0.3) is 0 Å². The molecule has 24 heavy (non-hydrogen) atoms. The highest BCUT2D eigenvalue weighted by atomic mass is 35.5. The van der Waals surface area contributed by atoms with Crippen molar-refractivity contribution in [1.29, 1.82) is 0 Å². The molecule has 1 N–H and O–H groups in total. The second kappa shape index (κ2) is 5.98. The first-order valence-electron chi connectivity index (χ1n) is 7.53. The highest BCUT2D eigenvalue weighted by Crippen LogP contribution is 2.28. The second-order valence-corrected chi connectivity index (χ2v) is 5.93. The Morgan fingerprint density at radius 2 is 1.92 bits per heavy atom. The van der Waals surface area contributed by atoms with Crippen LogP contribution in [-0.4, -0.2) is 15.0 Å². The van der Waals surface area contributed by atoms with Gasteiger partial charge < -0.3 is 9.72 Å². The summed E-state index contributed by atoms with van der Waals surface area (Å²) < 4.78 is 5.83. The lowest BCUT2D eigenvalue weighted by molar-refractivity contribution is 0.480. The second-order valence-electron chi connectivity index (χ2n) is 5.52. The molecular formula is C19H14ClN3O. The summed E-state index contributed by atoms with van der Waals surface area (Å²) in [7, 11) is 0. The van der Waals surface area contributed by atoms with E-state index < -0.39 is 0 Å². The minimum Gasteiger partial charge on any atom is -0.456 e. The fourth-order valence-electron chi connectivity index (χ4n) is 2.53. The van der Waals surface area contributed by atoms with Gasteiger partial charge in [-0.25, -0.2) is 4.98 Å². The summed E-state index contributed by atoms with van der Waals surface area (Å²) in [6, 6.07) is 15.4. The number of halogens is 1. The summed E-state index contributed by atoms with van der Waals surface area (Å²) >= 11 is 6.18. The molecular weight excluding hydrogens is 322 g/mol. The minimum atomic E-state index is 0.696. The Hall–Kier alpha value is -2.85. The first kappa shape index (κ1) is 14.7. The normalized spacial score (nSPS) is 10.9. The summed E-state index contributed by atoms with van der Waals surface area (Å²) in [6.07, 6.45) is 3.39. The predicted molar refractivity (Wildman–Crippen MR) is 95.6 cm³/mol. The third-order valence-corrected chi connectivity index (χ3v) is 4.15. The Morgan fingerprint density at radius 3 is 2.75 bits per heavy atom. The molecule has 4 rings (SSSR count).